The van der Waals surface area contributed by atoms with Crippen LogP contribution in [0.1, 0.15) is 25.5 Å². The molecule has 1 atom stereocenters. The van der Waals surface area contributed by atoms with E-state index < -0.39 is 0 Å². The zero-order valence-electron chi connectivity index (χ0n) is 11.1. The normalized spacial score (nSPS) is 13.3. The van der Waals surface area contributed by atoms with Crippen LogP contribution in [0, 0.1) is 0 Å². The van der Waals surface area contributed by atoms with Crippen LogP contribution in [-0.2, 0) is 4.74 Å². The van der Waals surface area contributed by atoms with Gasteiger partial charge < -0.3 is 15.4 Å². The standard InChI is InChI=1S/C14H24N2O/c1-12(2)17-10-9-16(3)11-14(15)13-7-5-4-6-8-13/h4-8,12,14H,9-11,15H2,1-3H3. The van der Waals surface area contributed by atoms with Crippen LogP contribution in [0.3, 0.4) is 0 Å². The fourth-order valence-corrected chi connectivity index (χ4v) is 1.68. The largest absolute Gasteiger partial charge is 0.377 e. The van der Waals surface area contributed by atoms with E-state index in [-0.39, 0.29) is 6.04 Å². The maximum absolute atomic E-state index is 6.14. The van der Waals surface area contributed by atoms with Crippen molar-refractivity contribution in [1.82, 2.24) is 4.90 Å². The molecule has 2 N–H and O–H groups in total. The van der Waals surface area contributed by atoms with Gasteiger partial charge in [-0.2, -0.15) is 0 Å². The number of likely N-dealkylation sites (N-methyl/N-ethyl adjacent to an activating group) is 1. The van der Waals surface area contributed by atoms with Crippen molar-refractivity contribution in [3.63, 3.8) is 0 Å². The van der Waals surface area contributed by atoms with Crippen molar-refractivity contribution in [1.29, 1.82) is 0 Å². The topological polar surface area (TPSA) is 38.5 Å². The van der Waals surface area contributed by atoms with E-state index in [0.29, 0.717) is 6.10 Å². The summed E-state index contributed by atoms with van der Waals surface area (Å²) in [7, 11) is 2.08. The third-order valence-electron chi connectivity index (χ3n) is 2.66. The zero-order valence-corrected chi connectivity index (χ0v) is 11.1. The maximum atomic E-state index is 6.14. The van der Waals surface area contributed by atoms with Crippen molar-refractivity contribution in [2.45, 2.75) is 26.0 Å². The highest BCUT2D eigenvalue weighted by Crippen LogP contribution is 2.10. The van der Waals surface area contributed by atoms with Crippen molar-refractivity contribution >= 4 is 0 Å². The number of nitrogens with two attached hydrogens (primary N) is 1. The van der Waals surface area contributed by atoms with Crippen LogP contribution in [0.5, 0.6) is 0 Å². The number of nitrogens with zero attached hydrogens (tertiary/aromatic N) is 1. The van der Waals surface area contributed by atoms with Crippen LogP contribution in [0.25, 0.3) is 0 Å². The smallest absolute Gasteiger partial charge is 0.0596 e. The van der Waals surface area contributed by atoms with Gasteiger partial charge in [-0.15, -0.1) is 0 Å². The molecule has 17 heavy (non-hydrogen) atoms. The molecule has 0 aliphatic rings. The second kappa shape index (κ2) is 7.43. The summed E-state index contributed by atoms with van der Waals surface area (Å²) in [5.74, 6) is 0. The molecule has 3 heteroatoms. The number of rotatable bonds is 7. The van der Waals surface area contributed by atoms with Crippen LogP contribution < -0.4 is 5.73 Å². The SMILES string of the molecule is CC(C)OCCN(C)CC(N)c1ccccc1. The van der Waals surface area contributed by atoms with Gasteiger partial charge >= 0.3 is 0 Å². The summed E-state index contributed by atoms with van der Waals surface area (Å²) in [5.41, 5.74) is 7.33. The van der Waals surface area contributed by atoms with Crippen LogP contribution in [0.15, 0.2) is 30.3 Å². The van der Waals surface area contributed by atoms with Crippen molar-refractivity contribution in [3.8, 4) is 0 Å². The van der Waals surface area contributed by atoms with E-state index in [0.717, 1.165) is 19.7 Å². The summed E-state index contributed by atoms with van der Waals surface area (Å²) < 4.78 is 5.52. The van der Waals surface area contributed by atoms with E-state index in [1.54, 1.807) is 0 Å². The second-order valence-electron chi connectivity index (χ2n) is 4.70. The number of ether oxygens (including phenoxy) is 1. The minimum absolute atomic E-state index is 0.0697. The average molecular weight is 236 g/mol. The number of benzene rings is 1. The molecular formula is C14H24N2O. The lowest BCUT2D eigenvalue weighted by Gasteiger charge is -2.22. The van der Waals surface area contributed by atoms with Crippen LogP contribution in [0.4, 0.5) is 0 Å². The third kappa shape index (κ3) is 5.82. The molecule has 3 nitrogen and oxygen atoms in total. The van der Waals surface area contributed by atoms with Gasteiger partial charge in [0, 0.05) is 19.1 Å². The quantitative estimate of drug-likeness (QED) is 0.787. The molecule has 1 unspecified atom stereocenters. The van der Waals surface area contributed by atoms with E-state index in [9.17, 15) is 0 Å². The summed E-state index contributed by atoms with van der Waals surface area (Å²) in [6.07, 6.45) is 0.297. The molecule has 0 fully saturated rings. The molecule has 0 saturated carbocycles. The highest BCUT2D eigenvalue weighted by molar-refractivity contribution is 5.18. The maximum Gasteiger partial charge on any atom is 0.0596 e. The van der Waals surface area contributed by atoms with Gasteiger partial charge in [-0.3, -0.25) is 0 Å². The van der Waals surface area contributed by atoms with Crippen LogP contribution in [-0.4, -0.2) is 37.7 Å². The lowest BCUT2D eigenvalue weighted by atomic mass is 10.1. The van der Waals surface area contributed by atoms with Gasteiger partial charge in [0.1, 0.15) is 0 Å². The molecule has 1 aromatic carbocycles. The fourth-order valence-electron chi connectivity index (χ4n) is 1.68. The molecule has 1 rings (SSSR count). The first-order valence-electron chi connectivity index (χ1n) is 6.20. The molecule has 0 amide bonds. The van der Waals surface area contributed by atoms with E-state index >= 15 is 0 Å². The third-order valence-corrected chi connectivity index (χ3v) is 2.66. The molecule has 0 aromatic heterocycles. The molecule has 0 bridgehead atoms. The highest BCUT2D eigenvalue weighted by atomic mass is 16.5. The summed E-state index contributed by atoms with van der Waals surface area (Å²) in [4.78, 5) is 2.21. The van der Waals surface area contributed by atoms with Crippen LogP contribution in [0.2, 0.25) is 0 Å². The van der Waals surface area contributed by atoms with Crippen molar-refractivity contribution in [3.05, 3.63) is 35.9 Å². The Morgan fingerprint density at radius 1 is 1.24 bits per heavy atom. The van der Waals surface area contributed by atoms with Crippen molar-refractivity contribution in [2.24, 2.45) is 5.73 Å². The Morgan fingerprint density at radius 2 is 1.88 bits per heavy atom. The lowest BCUT2D eigenvalue weighted by Crippen LogP contribution is -2.32. The molecule has 0 aliphatic carbocycles. The van der Waals surface area contributed by atoms with E-state index in [2.05, 4.69) is 37.9 Å². The van der Waals surface area contributed by atoms with Crippen molar-refractivity contribution < 1.29 is 4.74 Å². The number of hydrogen-bond donors (Lipinski definition) is 1. The average Bonchev–Trinajstić information content (AvgIpc) is 2.29. The number of hydrogen-bond acceptors (Lipinski definition) is 3. The first kappa shape index (κ1) is 14.2. The van der Waals surface area contributed by atoms with Gasteiger partial charge in [-0.05, 0) is 26.5 Å². The fraction of sp³-hybridized carbons (Fsp3) is 0.571. The highest BCUT2D eigenvalue weighted by Gasteiger charge is 2.08. The Morgan fingerprint density at radius 3 is 2.47 bits per heavy atom. The van der Waals surface area contributed by atoms with E-state index in [4.69, 9.17) is 10.5 Å². The Hall–Kier alpha value is -0.900. The van der Waals surface area contributed by atoms with E-state index in [1.807, 2.05) is 18.2 Å². The van der Waals surface area contributed by atoms with Gasteiger partial charge in [0.2, 0.25) is 0 Å². The molecular weight excluding hydrogens is 212 g/mol. The molecule has 0 spiro atoms. The summed E-state index contributed by atoms with van der Waals surface area (Å²) >= 11 is 0. The molecule has 0 aliphatic heterocycles. The first-order valence-corrected chi connectivity index (χ1v) is 6.20. The Balaban J connectivity index is 2.28. The van der Waals surface area contributed by atoms with Gasteiger partial charge in [0.05, 0.1) is 12.7 Å². The van der Waals surface area contributed by atoms with E-state index in [1.165, 1.54) is 5.56 Å². The molecule has 0 saturated heterocycles. The Kier molecular flexibility index (Phi) is 6.19. The van der Waals surface area contributed by atoms with Gasteiger partial charge in [0.15, 0.2) is 0 Å². The van der Waals surface area contributed by atoms with Crippen molar-refractivity contribution in [2.75, 3.05) is 26.7 Å². The van der Waals surface area contributed by atoms with Gasteiger partial charge in [0.25, 0.3) is 0 Å². The molecule has 0 radical (unpaired) electrons. The summed E-state index contributed by atoms with van der Waals surface area (Å²) in [6.45, 7) is 6.63. The lowest BCUT2D eigenvalue weighted by molar-refractivity contribution is 0.0629. The molecule has 0 heterocycles. The van der Waals surface area contributed by atoms with Crippen LogP contribution >= 0.6 is 0 Å². The first-order chi connectivity index (χ1) is 8.09. The van der Waals surface area contributed by atoms with Gasteiger partial charge in [-0.25, -0.2) is 0 Å². The van der Waals surface area contributed by atoms with Gasteiger partial charge in [-0.1, -0.05) is 30.3 Å². The second-order valence-corrected chi connectivity index (χ2v) is 4.70. The monoisotopic (exact) mass is 236 g/mol. The zero-order chi connectivity index (χ0) is 12.7. The summed E-state index contributed by atoms with van der Waals surface area (Å²) in [6, 6.07) is 10.3. The minimum atomic E-state index is 0.0697. The predicted molar refractivity (Wildman–Crippen MR) is 72.0 cm³/mol. The predicted octanol–water partition coefficient (Wildman–Crippen LogP) is 2.04. The molecule has 1 aromatic rings. The Bertz CT molecular complexity index is 300. The minimum Gasteiger partial charge on any atom is -0.377 e. The summed E-state index contributed by atoms with van der Waals surface area (Å²) in [5, 5.41) is 0. The Labute approximate surface area is 105 Å². The molecule has 96 valence electrons.